The summed E-state index contributed by atoms with van der Waals surface area (Å²) in [4.78, 5) is 14.4. The molecule has 2 heterocycles. The van der Waals surface area contributed by atoms with E-state index in [9.17, 15) is 4.79 Å². The zero-order valence-electron chi connectivity index (χ0n) is 10.8. The van der Waals surface area contributed by atoms with E-state index in [1.807, 2.05) is 6.07 Å². The van der Waals surface area contributed by atoms with E-state index < -0.39 is 0 Å². The van der Waals surface area contributed by atoms with Gasteiger partial charge in [-0.3, -0.25) is 4.79 Å². The second kappa shape index (κ2) is 4.43. The summed E-state index contributed by atoms with van der Waals surface area (Å²) in [5.41, 5.74) is 0. The van der Waals surface area contributed by atoms with Crippen molar-refractivity contribution in [3.8, 4) is 0 Å². The van der Waals surface area contributed by atoms with Crippen LogP contribution in [0.3, 0.4) is 0 Å². The number of rotatable bonds is 2. The van der Waals surface area contributed by atoms with Crippen LogP contribution in [0.5, 0.6) is 0 Å². The van der Waals surface area contributed by atoms with Crippen LogP contribution >= 0.6 is 11.3 Å². The van der Waals surface area contributed by atoms with Gasteiger partial charge >= 0.3 is 0 Å². The molecule has 3 rings (SSSR count). The normalized spacial score (nSPS) is 16.6. The summed E-state index contributed by atoms with van der Waals surface area (Å²) in [6.07, 6.45) is 9.70. The van der Waals surface area contributed by atoms with E-state index in [0.717, 1.165) is 4.88 Å². The highest BCUT2D eigenvalue weighted by molar-refractivity contribution is 7.20. The molecule has 96 valence electrons. The zero-order valence-corrected chi connectivity index (χ0v) is 11.7. The summed E-state index contributed by atoms with van der Waals surface area (Å²) in [5.74, 6) is 0.101. The third-order valence-corrected chi connectivity index (χ3v) is 4.78. The molecule has 0 saturated heterocycles. The average molecular weight is 262 g/mol. The molecular formula is C14H18N2OS. The Kier molecular flexibility index (Phi) is 2.90. The van der Waals surface area contributed by atoms with E-state index in [4.69, 9.17) is 0 Å². The Morgan fingerprint density at radius 3 is 2.67 bits per heavy atom. The molecule has 0 unspecified atom stereocenters. The van der Waals surface area contributed by atoms with E-state index in [1.54, 1.807) is 30.3 Å². The van der Waals surface area contributed by atoms with Gasteiger partial charge in [-0.25, -0.2) is 0 Å². The first kappa shape index (κ1) is 11.8. The van der Waals surface area contributed by atoms with Crippen molar-refractivity contribution in [3.05, 3.63) is 23.3 Å². The Morgan fingerprint density at radius 2 is 2.06 bits per heavy atom. The van der Waals surface area contributed by atoms with Crippen molar-refractivity contribution in [1.29, 1.82) is 0 Å². The number of aromatic nitrogens is 1. The lowest BCUT2D eigenvalue weighted by Gasteiger charge is -2.10. The number of hydrogen-bond donors (Lipinski definition) is 0. The van der Waals surface area contributed by atoms with Gasteiger partial charge in [-0.2, -0.15) is 0 Å². The summed E-state index contributed by atoms with van der Waals surface area (Å²) >= 11 is 1.60. The molecule has 3 nitrogen and oxygen atoms in total. The van der Waals surface area contributed by atoms with Crippen LogP contribution in [-0.4, -0.2) is 29.5 Å². The summed E-state index contributed by atoms with van der Waals surface area (Å²) in [6.45, 7) is 0. The van der Waals surface area contributed by atoms with Crippen molar-refractivity contribution in [2.24, 2.45) is 0 Å². The van der Waals surface area contributed by atoms with Gasteiger partial charge in [0, 0.05) is 37.9 Å². The standard InChI is InChI=1S/C14H18N2OS/c1-15(2)14(17)12-7-10-8-16(9-13(10)18-12)11-5-3-4-6-11/h7-9,11H,3-6H2,1-2H3. The number of carbonyl (C=O) groups is 1. The predicted molar refractivity (Wildman–Crippen MR) is 75.3 cm³/mol. The Balaban J connectivity index is 1.91. The van der Waals surface area contributed by atoms with Gasteiger partial charge in [0.1, 0.15) is 0 Å². The Bertz CT molecular complexity index is 544. The molecule has 0 radical (unpaired) electrons. The minimum atomic E-state index is 0.101. The van der Waals surface area contributed by atoms with E-state index in [0.29, 0.717) is 6.04 Å². The van der Waals surface area contributed by atoms with Crippen molar-refractivity contribution in [3.63, 3.8) is 0 Å². The fourth-order valence-electron chi connectivity index (χ4n) is 2.69. The van der Waals surface area contributed by atoms with Crippen molar-refractivity contribution >= 4 is 27.3 Å². The van der Waals surface area contributed by atoms with E-state index in [-0.39, 0.29) is 5.91 Å². The Labute approximate surface area is 111 Å². The lowest BCUT2D eigenvalue weighted by atomic mass is 10.2. The molecule has 0 aliphatic heterocycles. The van der Waals surface area contributed by atoms with Gasteiger partial charge in [0.15, 0.2) is 0 Å². The number of amides is 1. The van der Waals surface area contributed by atoms with Gasteiger partial charge in [0.05, 0.1) is 9.58 Å². The number of fused-ring (bicyclic) bond motifs is 1. The van der Waals surface area contributed by atoms with Crippen LogP contribution in [-0.2, 0) is 0 Å². The Morgan fingerprint density at radius 1 is 1.33 bits per heavy atom. The minimum Gasteiger partial charge on any atom is -0.349 e. The first-order valence-corrected chi connectivity index (χ1v) is 7.29. The van der Waals surface area contributed by atoms with Crippen molar-refractivity contribution in [1.82, 2.24) is 9.47 Å². The highest BCUT2D eigenvalue weighted by Gasteiger charge is 2.18. The monoisotopic (exact) mass is 262 g/mol. The minimum absolute atomic E-state index is 0.101. The molecule has 4 heteroatoms. The maximum atomic E-state index is 11.9. The van der Waals surface area contributed by atoms with Gasteiger partial charge in [-0.15, -0.1) is 11.3 Å². The van der Waals surface area contributed by atoms with Crippen LogP contribution in [0.15, 0.2) is 18.5 Å². The molecule has 1 amide bonds. The van der Waals surface area contributed by atoms with Crippen LogP contribution < -0.4 is 0 Å². The number of carbonyl (C=O) groups excluding carboxylic acids is 1. The molecule has 0 bridgehead atoms. The molecule has 0 atom stereocenters. The highest BCUT2D eigenvalue weighted by atomic mass is 32.1. The SMILES string of the molecule is CN(C)C(=O)c1cc2cn(C3CCCC3)cc2s1. The highest BCUT2D eigenvalue weighted by Crippen LogP contribution is 2.34. The van der Waals surface area contributed by atoms with Crippen LogP contribution in [0, 0.1) is 0 Å². The molecule has 2 aromatic heterocycles. The molecule has 1 aliphatic carbocycles. The molecule has 18 heavy (non-hydrogen) atoms. The largest absolute Gasteiger partial charge is 0.349 e. The maximum absolute atomic E-state index is 11.9. The van der Waals surface area contributed by atoms with Crippen LogP contribution in [0.4, 0.5) is 0 Å². The molecule has 2 aromatic rings. The number of thiophene rings is 1. The van der Waals surface area contributed by atoms with Gasteiger partial charge in [0.25, 0.3) is 5.91 Å². The molecule has 1 aliphatic rings. The fourth-order valence-corrected chi connectivity index (χ4v) is 3.79. The van der Waals surface area contributed by atoms with Gasteiger partial charge in [0.2, 0.25) is 0 Å². The first-order valence-electron chi connectivity index (χ1n) is 6.48. The van der Waals surface area contributed by atoms with E-state index >= 15 is 0 Å². The fraction of sp³-hybridized carbons (Fsp3) is 0.500. The van der Waals surface area contributed by atoms with Crippen molar-refractivity contribution in [2.45, 2.75) is 31.7 Å². The molecule has 0 N–H and O–H groups in total. The average Bonchev–Trinajstić information content (AvgIpc) is 3.01. The summed E-state index contributed by atoms with van der Waals surface area (Å²) < 4.78 is 3.57. The molecular weight excluding hydrogens is 244 g/mol. The van der Waals surface area contributed by atoms with Crippen LogP contribution in [0.2, 0.25) is 0 Å². The smallest absolute Gasteiger partial charge is 0.263 e. The quantitative estimate of drug-likeness (QED) is 0.813. The third-order valence-electron chi connectivity index (χ3n) is 3.71. The van der Waals surface area contributed by atoms with Crippen LogP contribution in [0.1, 0.15) is 41.4 Å². The summed E-state index contributed by atoms with van der Waals surface area (Å²) in [7, 11) is 3.59. The maximum Gasteiger partial charge on any atom is 0.263 e. The lowest BCUT2D eigenvalue weighted by molar-refractivity contribution is 0.0832. The second-order valence-corrected chi connectivity index (χ2v) is 6.36. The second-order valence-electron chi connectivity index (χ2n) is 5.27. The summed E-state index contributed by atoms with van der Waals surface area (Å²) in [5, 5.41) is 1.21. The number of nitrogens with zero attached hydrogens (tertiary/aromatic N) is 2. The molecule has 0 spiro atoms. The van der Waals surface area contributed by atoms with E-state index in [1.165, 1.54) is 35.8 Å². The third kappa shape index (κ3) is 1.94. The molecule has 1 fully saturated rings. The van der Waals surface area contributed by atoms with Gasteiger partial charge in [-0.05, 0) is 18.9 Å². The molecule has 0 aromatic carbocycles. The predicted octanol–water partition coefficient (Wildman–Crippen LogP) is 3.52. The molecule has 1 saturated carbocycles. The summed E-state index contributed by atoms with van der Waals surface area (Å²) in [6, 6.07) is 2.70. The van der Waals surface area contributed by atoms with Gasteiger partial charge < -0.3 is 9.47 Å². The zero-order chi connectivity index (χ0) is 12.7. The number of hydrogen-bond acceptors (Lipinski definition) is 2. The Hall–Kier alpha value is -1.29. The van der Waals surface area contributed by atoms with Crippen molar-refractivity contribution in [2.75, 3.05) is 14.1 Å². The topological polar surface area (TPSA) is 25.2 Å². The van der Waals surface area contributed by atoms with E-state index in [2.05, 4.69) is 17.0 Å². The van der Waals surface area contributed by atoms with Crippen molar-refractivity contribution < 1.29 is 4.79 Å². The first-order chi connectivity index (χ1) is 8.65. The van der Waals surface area contributed by atoms with Crippen LogP contribution in [0.25, 0.3) is 10.1 Å². The van der Waals surface area contributed by atoms with Gasteiger partial charge in [-0.1, -0.05) is 12.8 Å². The lowest BCUT2D eigenvalue weighted by Crippen LogP contribution is -2.20.